The largest absolute Gasteiger partial charge is 0.495 e. The summed E-state index contributed by atoms with van der Waals surface area (Å²) in [5, 5.41) is 0. The zero-order valence-electron chi connectivity index (χ0n) is 11.7. The normalized spacial score (nSPS) is 11.3. The van der Waals surface area contributed by atoms with Crippen LogP contribution in [0.2, 0.25) is 0 Å². The molecule has 0 amide bonds. The van der Waals surface area contributed by atoms with Gasteiger partial charge in [0.15, 0.2) is 0 Å². The van der Waals surface area contributed by atoms with Crippen molar-refractivity contribution in [2.45, 2.75) is 18.4 Å². The third-order valence-electron chi connectivity index (χ3n) is 2.79. The molecule has 1 aromatic carbocycles. The first-order valence-corrected chi connectivity index (χ1v) is 7.62. The van der Waals surface area contributed by atoms with Crippen molar-refractivity contribution in [3.8, 4) is 5.75 Å². The summed E-state index contributed by atoms with van der Waals surface area (Å²) in [5.74, 6) is 0.900. The van der Waals surface area contributed by atoms with Crippen molar-refractivity contribution in [2.24, 2.45) is 0 Å². The first-order chi connectivity index (χ1) is 9.92. The molecule has 1 heterocycles. The zero-order chi connectivity index (χ0) is 15.5. The Morgan fingerprint density at radius 1 is 1.33 bits per heavy atom. The maximum atomic E-state index is 12.2. The standard InChI is InChI=1S/C13H16N4O3S/c1-9-15-6-5-10(17-9)8-16-21(18,19)11-3-4-12(14)13(7-11)20-2/h3-7,16H,8,14H2,1-2H3. The Labute approximate surface area is 123 Å². The lowest BCUT2D eigenvalue weighted by Crippen LogP contribution is -2.24. The van der Waals surface area contributed by atoms with Gasteiger partial charge < -0.3 is 10.5 Å². The number of anilines is 1. The highest BCUT2D eigenvalue weighted by molar-refractivity contribution is 7.89. The summed E-state index contributed by atoms with van der Waals surface area (Å²) in [4.78, 5) is 8.17. The molecule has 0 aliphatic heterocycles. The number of rotatable bonds is 5. The van der Waals surface area contributed by atoms with Crippen LogP contribution in [0.3, 0.4) is 0 Å². The molecule has 0 aliphatic rings. The number of aryl methyl sites for hydroxylation is 1. The van der Waals surface area contributed by atoms with Crippen molar-refractivity contribution < 1.29 is 13.2 Å². The van der Waals surface area contributed by atoms with Gasteiger partial charge in [-0.15, -0.1) is 0 Å². The zero-order valence-corrected chi connectivity index (χ0v) is 12.5. The van der Waals surface area contributed by atoms with E-state index < -0.39 is 10.0 Å². The molecular weight excluding hydrogens is 292 g/mol. The number of aromatic nitrogens is 2. The maximum absolute atomic E-state index is 12.2. The second-order valence-electron chi connectivity index (χ2n) is 4.32. The maximum Gasteiger partial charge on any atom is 0.241 e. The molecule has 0 spiro atoms. The Morgan fingerprint density at radius 2 is 2.10 bits per heavy atom. The molecule has 1 aromatic heterocycles. The minimum Gasteiger partial charge on any atom is -0.495 e. The van der Waals surface area contributed by atoms with Crippen LogP contribution in [0.1, 0.15) is 11.5 Å². The summed E-state index contributed by atoms with van der Waals surface area (Å²) in [7, 11) is -2.24. The fourth-order valence-electron chi connectivity index (χ4n) is 1.71. The molecule has 2 rings (SSSR count). The van der Waals surface area contributed by atoms with E-state index in [1.165, 1.54) is 25.3 Å². The number of benzene rings is 1. The second kappa shape index (κ2) is 6.06. The van der Waals surface area contributed by atoms with Crippen LogP contribution in [0.25, 0.3) is 0 Å². The van der Waals surface area contributed by atoms with Crippen molar-refractivity contribution in [1.82, 2.24) is 14.7 Å². The number of nitrogens with one attached hydrogen (secondary N) is 1. The van der Waals surface area contributed by atoms with Gasteiger partial charge >= 0.3 is 0 Å². The van der Waals surface area contributed by atoms with Crippen molar-refractivity contribution in [2.75, 3.05) is 12.8 Å². The number of hydrogen-bond donors (Lipinski definition) is 2. The highest BCUT2D eigenvalue weighted by Gasteiger charge is 2.16. The minimum atomic E-state index is -3.67. The van der Waals surface area contributed by atoms with Gasteiger partial charge in [0, 0.05) is 12.3 Å². The van der Waals surface area contributed by atoms with Gasteiger partial charge in [-0.3, -0.25) is 0 Å². The predicted octanol–water partition coefficient (Wildman–Crippen LogP) is 0.854. The van der Waals surface area contributed by atoms with E-state index in [4.69, 9.17) is 10.5 Å². The van der Waals surface area contributed by atoms with Crippen LogP contribution in [-0.2, 0) is 16.6 Å². The van der Waals surface area contributed by atoms with Crippen LogP contribution >= 0.6 is 0 Å². The van der Waals surface area contributed by atoms with E-state index in [1.54, 1.807) is 19.2 Å². The Balaban J connectivity index is 2.18. The monoisotopic (exact) mass is 308 g/mol. The molecule has 0 saturated carbocycles. The van der Waals surface area contributed by atoms with Crippen LogP contribution in [0.4, 0.5) is 5.69 Å². The SMILES string of the molecule is COc1cc(S(=O)(=O)NCc2ccnc(C)n2)ccc1N. The van der Waals surface area contributed by atoms with Crippen LogP contribution in [0.5, 0.6) is 5.75 Å². The molecule has 2 aromatic rings. The van der Waals surface area contributed by atoms with Crippen molar-refractivity contribution >= 4 is 15.7 Å². The molecule has 3 N–H and O–H groups in total. The molecule has 112 valence electrons. The molecule has 0 bridgehead atoms. The Kier molecular flexibility index (Phi) is 4.39. The summed E-state index contributed by atoms with van der Waals surface area (Å²) in [5.41, 5.74) is 6.64. The Hall–Kier alpha value is -2.19. The van der Waals surface area contributed by atoms with Gasteiger partial charge in [0.05, 0.1) is 29.9 Å². The van der Waals surface area contributed by atoms with Crippen molar-refractivity contribution in [1.29, 1.82) is 0 Å². The molecule has 0 saturated heterocycles. The molecule has 0 unspecified atom stereocenters. The minimum absolute atomic E-state index is 0.0817. The Bertz CT molecular complexity index is 747. The van der Waals surface area contributed by atoms with Gasteiger partial charge in [-0.25, -0.2) is 23.1 Å². The topological polar surface area (TPSA) is 107 Å². The molecule has 0 fully saturated rings. The lowest BCUT2D eigenvalue weighted by molar-refractivity contribution is 0.415. The highest BCUT2D eigenvalue weighted by Crippen LogP contribution is 2.24. The van der Waals surface area contributed by atoms with E-state index in [9.17, 15) is 8.42 Å². The Morgan fingerprint density at radius 3 is 2.76 bits per heavy atom. The first-order valence-electron chi connectivity index (χ1n) is 6.14. The van der Waals surface area contributed by atoms with Crippen molar-refractivity contribution in [3.63, 3.8) is 0 Å². The number of nitrogens with zero attached hydrogens (tertiary/aromatic N) is 2. The lowest BCUT2D eigenvalue weighted by Gasteiger charge is -2.09. The molecule has 0 radical (unpaired) electrons. The number of nitrogens with two attached hydrogens (primary N) is 1. The summed E-state index contributed by atoms with van der Waals surface area (Å²) in [6, 6.07) is 5.94. The number of sulfonamides is 1. The van der Waals surface area contributed by atoms with Crippen LogP contribution in [-0.4, -0.2) is 25.5 Å². The number of nitrogen functional groups attached to an aromatic ring is 1. The number of ether oxygens (including phenoxy) is 1. The molecule has 0 aliphatic carbocycles. The van der Waals surface area contributed by atoms with Crippen LogP contribution in [0.15, 0.2) is 35.4 Å². The van der Waals surface area contributed by atoms with E-state index in [1.807, 2.05) is 0 Å². The van der Waals surface area contributed by atoms with Gasteiger partial charge in [-0.2, -0.15) is 0 Å². The third kappa shape index (κ3) is 3.67. The van der Waals surface area contributed by atoms with E-state index in [0.29, 0.717) is 23.0 Å². The highest BCUT2D eigenvalue weighted by atomic mass is 32.2. The average Bonchev–Trinajstić information content (AvgIpc) is 2.46. The van der Waals surface area contributed by atoms with Crippen LogP contribution < -0.4 is 15.2 Å². The average molecular weight is 308 g/mol. The van der Waals surface area contributed by atoms with Gasteiger partial charge in [0.1, 0.15) is 11.6 Å². The summed E-state index contributed by atoms with van der Waals surface area (Å²) in [6.07, 6.45) is 1.58. The van der Waals surface area contributed by atoms with E-state index in [2.05, 4.69) is 14.7 Å². The van der Waals surface area contributed by atoms with E-state index in [0.717, 1.165) is 0 Å². The van der Waals surface area contributed by atoms with Gasteiger partial charge in [0.2, 0.25) is 10.0 Å². The fourth-order valence-corrected chi connectivity index (χ4v) is 2.73. The number of hydrogen-bond acceptors (Lipinski definition) is 6. The molecule has 0 atom stereocenters. The predicted molar refractivity (Wildman–Crippen MR) is 78.2 cm³/mol. The summed E-state index contributed by atoms with van der Waals surface area (Å²) in [6.45, 7) is 1.82. The van der Waals surface area contributed by atoms with E-state index in [-0.39, 0.29) is 11.4 Å². The summed E-state index contributed by atoms with van der Waals surface area (Å²) >= 11 is 0. The van der Waals surface area contributed by atoms with E-state index >= 15 is 0 Å². The van der Waals surface area contributed by atoms with Crippen molar-refractivity contribution in [3.05, 3.63) is 42.0 Å². The van der Waals surface area contributed by atoms with Crippen LogP contribution in [0, 0.1) is 6.92 Å². The van der Waals surface area contributed by atoms with Gasteiger partial charge in [-0.1, -0.05) is 0 Å². The third-order valence-corrected chi connectivity index (χ3v) is 4.19. The lowest BCUT2D eigenvalue weighted by atomic mass is 10.3. The quantitative estimate of drug-likeness (QED) is 0.793. The van der Waals surface area contributed by atoms with Gasteiger partial charge in [0.25, 0.3) is 0 Å². The molecule has 8 heteroatoms. The number of methoxy groups -OCH3 is 1. The molecule has 7 nitrogen and oxygen atoms in total. The van der Waals surface area contributed by atoms with Gasteiger partial charge in [-0.05, 0) is 25.1 Å². The second-order valence-corrected chi connectivity index (χ2v) is 6.09. The molecular formula is C13H16N4O3S. The fraction of sp³-hybridized carbons (Fsp3) is 0.231. The smallest absolute Gasteiger partial charge is 0.241 e. The first kappa shape index (κ1) is 15.2. The summed E-state index contributed by atoms with van der Waals surface area (Å²) < 4.78 is 31.9. The molecule has 21 heavy (non-hydrogen) atoms.